The highest BCUT2D eigenvalue weighted by Crippen LogP contribution is 2.24. The molecule has 1 amide bonds. The molecule has 0 saturated carbocycles. The summed E-state index contributed by atoms with van der Waals surface area (Å²) in [5, 5.41) is 5.83. The molecule has 0 aromatic heterocycles. The molecule has 2 aromatic rings. The molecule has 0 bridgehead atoms. The van der Waals surface area contributed by atoms with E-state index in [-0.39, 0.29) is 22.2 Å². The van der Waals surface area contributed by atoms with Crippen molar-refractivity contribution < 1.29 is 14.3 Å². The third kappa shape index (κ3) is 5.89. The number of amides is 1. The first-order chi connectivity index (χ1) is 13.1. The van der Waals surface area contributed by atoms with Gasteiger partial charge in [-0.3, -0.25) is 14.9 Å². The van der Waals surface area contributed by atoms with Gasteiger partial charge < -0.3 is 10.1 Å². The lowest BCUT2D eigenvalue weighted by Crippen LogP contribution is -2.34. The van der Waals surface area contributed by atoms with E-state index in [0.717, 1.165) is 11.1 Å². The number of nitrogens with one attached hydrogen (secondary N) is 2. The van der Waals surface area contributed by atoms with Gasteiger partial charge in [0, 0.05) is 29.3 Å². The van der Waals surface area contributed by atoms with Crippen molar-refractivity contribution in [1.82, 2.24) is 5.32 Å². The van der Waals surface area contributed by atoms with Crippen LogP contribution in [0.25, 0.3) is 0 Å². The molecule has 2 N–H and O–H groups in total. The van der Waals surface area contributed by atoms with Crippen LogP contribution in [0.3, 0.4) is 0 Å². The predicted octanol–water partition coefficient (Wildman–Crippen LogP) is 4.25. The zero-order chi connectivity index (χ0) is 20.9. The summed E-state index contributed by atoms with van der Waals surface area (Å²) in [5.74, 6) is 0.365. The van der Waals surface area contributed by atoms with Gasteiger partial charge in [0.2, 0.25) is 0 Å². The first-order valence-corrected chi connectivity index (χ1v) is 9.40. The maximum absolute atomic E-state index is 12.4. The Hall–Kier alpha value is -2.73. The predicted molar refractivity (Wildman–Crippen MR) is 116 cm³/mol. The Morgan fingerprint density at radius 2 is 1.71 bits per heavy atom. The number of methoxy groups -OCH3 is 1. The first kappa shape index (κ1) is 21.6. The number of rotatable bonds is 5. The molecule has 28 heavy (non-hydrogen) atoms. The van der Waals surface area contributed by atoms with Crippen LogP contribution in [-0.2, 0) is 16.6 Å². The number of ether oxygens (including phenoxy) is 1. The number of Topliss-reactive ketones (excluding diaryl/α,β-unsaturated/α-hetero) is 1. The van der Waals surface area contributed by atoms with Crippen molar-refractivity contribution in [3.8, 4) is 5.75 Å². The number of thiocarbonyl (C=S) groups is 1. The van der Waals surface area contributed by atoms with E-state index in [2.05, 4.69) is 31.4 Å². The van der Waals surface area contributed by atoms with Crippen molar-refractivity contribution in [2.24, 2.45) is 0 Å². The number of carbonyl (C=O) groups is 2. The molecule has 0 spiro atoms. The van der Waals surface area contributed by atoms with E-state index in [1.807, 2.05) is 12.1 Å². The number of ketones is 1. The Morgan fingerprint density at radius 1 is 1.07 bits per heavy atom. The number of hydrogen-bond donors (Lipinski definition) is 2. The Balaban J connectivity index is 2.03. The first-order valence-electron chi connectivity index (χ1n) is 8.99. The molecule has 0 heterocycles. The van der Waals surface area contributed by atoms with Crippen LogP contribution in [0.15, 0.2) is 42.5 Å². The zero-order valence-corrected chi connectivity index (χ0v) is 17.7. The third-order valence-corrected chi connectivity index (χ3v) is 4.43. The van der Waals surface area contributed by atoms with E-state index in [0.29, 0.717) is 23.4 Å². The average Bonchev–Trinajstić information content (AvgIpc) is 2.61. The number of anilines is 1. The quantitative estimate of drug-likeness (QED) is 0.737. The van der Waals surface area contributed by atoms with Gasteiger partial charge in [0.05, 0.1) is 7.11 Å². The lowest BCUT2D eigenvalue weighted by Gasteiger charge is -2.19. The van der Waals surface area contributed by atoms with Crippen molar-refractivity contribution in [1.29, 1.82) is 0 Å². The molecule has 5 nitrogen and oxygen atoms in total. The van der Waals surface area contributed by atoms with E-state index >= 15 is 0 Å². The summed E-state index contributed by atoms with van der Waals surface area (Å²) >= 11 is 5.24. The molecule has 6 heteroatoms. The maximum atomic E-state index is 12.4. The highest BCUT2D eigenvalue weighted by Gasteiger charge is 2.15. The van der Waals surface area contributed by atoms with Gasteiger partial charge in [-0.05, 0) is 48.3 Å². The molecule has 0 atom stereocenters. The number of benzene rings is 2. The largest absolute Gasteiger partial charge is 0.496 e. The van der Waals surface area contributed by atoms with Gasteiger partial charge >= 0.3 is 0 Å². The van der Waals surface area contributed by atoms with Crippen molar-refractivity contribution >= 4 is 34.7 Å². The van der Waals surface area contributed by atoms with Gasteiger partial charge in [0.25, 0.3) is 5.91 Å². The lowest BCUT2D eigenvalue weighted by atomic mass is 9.87. The molecule has 0 aliphatic carbocycles. The molecule has 0 aliphatic heterocycles. The van der Waals surface area contributed by atoms with Crippen LogP contribution in [0, 0.1) is 0 Å². The van der Waals surface area contributed by atoms with Crippen molar-refractivity contribution in [3.63, 3.8) is 0 Å². The monoisotopic (exact) mass is 398 g/mol. The summed E-state index contributed by atoms with van der Waals surface area (Å²) < 4.78 is 5.33. The topological polar surface area (TPSA) is 67.4 Å². The van der Waals surface area contributed by atoms with Crippen LogP contribution in [0.4, 0.5) is 5.69 Å². The average molecular weight is 399 g/mol. The van der Waals surface area contributed by atoms with Crippen LogP contribution in [0.2, 0.25) is 0 Å². The van der Waals surface area contributed by atoms with Crippen molar-refractivity contribution in [3.05, 3.63) is 59.2 Å². The van der Waals surface area contributed by atoms with Crippen LogP contribution < -0.4 is 15.4 Å². The molecule has 2 rings (SSSR count). The van der Waals surface area contributed by atoms with E-state index in [9.17, 15) is 9.59 Å². The molecular weight excluding hydrogens is 372 g/mol. The smallest absolute Gasteiger partial charge is 0.257 e. The third-order valence-electron chi connectivity index (χ3n) is 4.22. The summed E-state index contributed by atoms with van der Waals surface area (Å²) in [6.45, 7) is 7.90. The van der Waals surface area contributed by atoms with Crippen molar-refractivity contribution in [2.45, 2.75) is 39.5 Å². The van der Waals surface area contributed by atoms with Crippen LogP contribution in [0.5, 0.6) is 5.75 Å². The minimum Gasteiger partial charge on any atom is -0.496 e. The Labute approximate surface area is 171 Å². The van der Waals surface area contributed by atoms with E-state index in [4.69, 9.17) is 17.0 Å². The van der Waals surface area contributed by atoms with Gasteiger partial charge in [-0.25, -0.2) is 0 Å². The SMILES string of the molecule is COc1cc(NC(=S)NC(=O)c2ccc(C(C)(C)C)cc2)ccc1CC(C)=O. The van der Waals surface area contributed by atoms with Gasteiger partial charge in [-0.2, -0.15) is 0 Å². The fraction of sp³-hybridized carbons (Fsp3) is 0.318. The number of carbonyl (C=O) groups excluding carboxylic acids is 2. The molecule has 148 valence electrons. The summed E-state index contributed by atoms with van der Waals surface area (Å²) in [7, 11) is 1.55. The van der Waals surface area contributed by atoms with Crippen LogP contribution in [0.1, 0.15) is 49.2 Å². The highest BCUT2D eigenvalue weighted by atomic mass is 32.1. The Morgan fingerprint density at radius 3 is 2.25 bits per heavy atom. The molecule has 0 fully saturated rings. The second-order valence-corrected chi connectivity index (χ2v) is 8.05. The summed E-state index contributed by atoms with van der Waals surface area (Å²) in [4.78, 5) is 23.7. The zero-order valence-electron chi connectivity index (χ0n) is 16.9. The van der Waals surface area contributed by atoms with Gasteiger partial charge in [-0.1, -0.05) is 39.0 Å². The van der Waals surface area contributed by atoms with Crippen molar-refractivity contribution in [2.75, 3.05) is 12.4 Å². The normalized spacial score (nSPS) is 10.9. The molecule has 0 saturated heterocycles. The fourth-order valence-electron chi connectivity index (χ4n) is 2.70. The maximum Gasteiger partial charge on any atom is 0.257 e. The fourth-order valence-corrected chi connectivity index (χ4v) is 2.91. The summed E-state index contributed by atoms with van der Waals surface area (Å²) in [5.41, 5.74) is 3.18. The standard InChI is InChI=1S/C22H26N2O3S/c1-14(25)12-16-8-11-18(13-19(16)27-5)23-21(28)24-20(26)15-6-9-17(10-7-15)22(2,3)4/h6-11,13H,12H2,1-5H3,(H2,23,24,26,28). The second kappa shape index (κ2) is 8.97. The minimum absolute atomic E-state index is 0.0273. The second-order valence-electron chi connectivity index (χ2n) is 7.64. The summed E-state index contributed by atoms with van der Waals surface area (Å²) in [6, 6.07) is 12.8. The highest BCUT2D eigenvalue weighted by molar-refractivity contribution is 7.80. The van der Waals surface area contributed by atoms with Crippen LogP contribution in [-0.4, -0.2) is 23.9 Å². The summed E-state index contributed by atoms with van der Waals surface area (Å²) in [6.07, 6.45) is 0.301. The Kier molecular flexibility index (Phi) is 6.91. The molecule has 0 radical (unpaired) electrons. The van der Waals surface area contributed by atoms with Gasteiger partial charge in [-0.15, -0.1) is 0 Å². The lowest BCUT2D eigenvalue weighted by molar-refractivity contribution is -0.116. The van der Waals surface area contributed by atoms with E-state index in [1.54, 1.807) is 37.4 Å². The minimum atomic E-state index is -0.280. The molecule has 0 unspecified atom stereocenters. The van der Waals surface area contributed by atoms with Crippen LogP contribution >= 0.6 is 12.2 Å². The van der Waals surface area contributed by atoms with Gasteiger partial charge in [0.15, 0.2) is 5.11 Å². The van der Waals surface area contributed by atoms with Gasteiger partial charge in [0.1, 0.15) is 11.5 Å². The molecule has 2 aromatic carbocycles. The van der Waals surface area contributed by atoms with E-state index < -0.39 is 0 Å². The van der Waals surface area contributed by atoms with E-state index in [1.165, 1.54) is 6.92 Å². The molecule has 0 aliphatic rings. The Bertz CT molecular complexity index is 884. The number of hydrogen-bond acceptors (Lipinski definition) is 4. The molecular formula is C22H26N2O3S.